The number of aryl methyl sites for hydroxylation is 2. The number of aromatic nitrogens is 2. The molecule has 0 aliphatic carbocycles. The first-order valence-corrected chi connectivity index (χ1v) is 6.37. The van der Waals surface area contributed by atoms with Crippen LogP contribution in [-0.2, 0) is 6.42 Å². The van der Waals surface area contributed by atoms with Gasteiger partial charge in [0, 0.05) is 6.54 Å². The molecule has 0 bridgehead atoms. The molecule has 0 fully saturated rings. The summed E-state index contributed by atoms with van der Waals surface area (Å²) in [4.78, 5) is 0. The third-order valence-corrected chi connectivity index (χ3v) is 3.09. The summed E-state index contributed by atoms with van der Waals surface area (Å²) in [6.45, 7) is 4.82. The molecule has 4 heteroatoms. The van der Waals surface area contributed by atoms with Crippen molar-refractivity contribution in [2.24, 2.45) is 0 Å². The van der Waals surface area contributed by atoms with Crippen molar-refractivity contribution in [2.45, 2.75) is 20.3 Å². The van der Waals surface area contributed by atoms with Gasteiger partial charge in [0.25, 0.3) is 0 Å². The number of methoxy groups -OCH3 is 1. The predicted octanol–water partition coefficient (Wildman–Crippen LogP) is 2.76. The van der Waals surface area contributed by atoms with E-state index in [1.54, 1.807) is 7.11 Å². The van der Waals surface area contributed by atoms with E-state index >= 15 is 0 Å². The van der Waals surface area contributed by atoms with Crippen molar-refractivity contribution in [3.05, 3.63) is 47.2 Å². The maximum atomic E-state index is 5.21. The van der Waals surface area contributed by atoms with Gasteiger partial charge in [-0.05, 0) is 49.6 Å². The molecule has 100 valence electrons. The summed E-state index contributed by atoms with van der Waals surface area (Å²) in [7, 11) is 1.68. The molecule has 2 rings (SSSR count). The van der Waals surface area contributed by atoms with Gasteiger partial charge in [0.15, 0.2) is 0 Å². The summed E-state index contributed by atoms with van der Waals surface area (Å²) in [5.41, 5.74) is 3.36. The summed E-state index contributed by atoms with van der Waals surface area (Å²) in [5, 5.41) is 11.5. The minimum Gasteiger partial charge on any atom is -0.497 e. The number of nitrogens with one attached hydrogen (secondary N) is 1. The van der Waals surface area contributed by atoms with Gasteiger partial charge >= 0.3 is 0 Å². The number of anilines is 1. The first-order chi connectivity index (χ1) is 9.19. The molecule has 0 radical (unpaired) electrons. The third-order valence-electron chi connectivity index (χ3n) is 3.09. The van der Waals surface area contributed by atoms with Crippen LogP contribution in [0.2, 0.25) is 0 Å². The van der Waals surface area contributed by atoms with Crippen LogP contribution in [0.15, 0.2) is 30.3 Å². The highest BCUT2D eigenvalue weighted by Crippen LogP contribution is 2.13. The highest BCUT2D eigenvalue weighted by Gasteiger charge is 2.00. The fourth-order valence-electron chi connectivity index (χ4n) is 1.80. The largest absolute Gasteiger partial charge is 0.497 e. The van der Waals surface area contributed by atoms with Crippen molar-refractivity contribution in [1.82, 2.24) is 10.2 Å². The molecular weight excluding hydrogens is 238 g/mol. The summed E-state index contributed by atoms with van der Waals surface area (Å²) in [5.74, 6) is 1.72. The van der Waals surface area contributed by atoms with Crippen LogP contribution >= 0.6 is 0 Å². The fraction of sp³-hybridized carbons (Fsp3) is 0.333. The Hall–Kier alpha value is -2.10. The lowest BCUT2D eigenvalue weighted by Gasteiger charge is -2.07. The Morgan fingerprint density at radius 3 is 2.74 bits per heavy atom. The number of hydrogen-bond acceptors (Lipinski definition) is 4. The standard InChI is InChI=1S/C15H19N3O/c1-11-9-15(18-17-12(11)2)16-8-7-13-5-4-6-14(10-13)19-3/h4-6,9-10H,7-8H2,1-3H3,(H,16,18). The third kappa shape index (κ3) is 3.68. The van der Waals surface area contributed by atoms with Gasteiger partial charge in [-0.15, -0.1) is 5.10 Å². The second-order valence-electron chi connectivity index (χ2n) is 4.53. The summed E-state index contributed by atoms with van der Waals surface area (Å²) in [6.07, 6.45) is 0.922. The van der Waals surface area contributed by atoms with Crippen LogP contribution in [0.1, 0.15) is 16.8 Å². The van der Waals surface area contributed by atoms with E-state index in [0.29, 0.717) is 0 Å². The van der Waals surface area contributed by atoms with Crippen LogP contribution in [0.4, 0.5) is 5.82 Å². The Kier molecular flexibility index (Phi) is 4.34. The van der Waals surface area contributed by atoms with Crippen LogP contribution in [0, 0.1) is 13.8 Å². The number of ether oxygens (including phenoxy) is 1. The van der Waals surface area contributed by atoms with E-state index < -0.39 is 0 Å². The number of benzene rings is 1. The predicted molar refractivity (Wildman–Crippen MR) is 76.7 cm³/mol. The number of rotatable bonds is 5. The number of hydrogen-bond donors (Lipinski definition) is 1. The van der Waals surface area contributed by atoms with E-state index in [1.165, 1.54) is 5.56 Å². The Morgan fingerprint density at radius 2 is 2.00 bits per heavy atom. The average Bonchev–Trinajstić information content (AvgIpc) is 2.43. The van der Waals surface area contributed by atoms with Gasteiger partial charge in [0.2, 0.25) is 0 Å². The van der Waals surface area contributed by atoms with Crippen molar-refractivity contribution in [1.29, 1.82) is 0 Å². The van der Waals surface area contributed by atoms with E-state index in [2.05, 4.69) is 21.6 Å². The Bertz CT molecular complexity index is 555. The second-order valence-corrected chi connectivity index (χ2v) is 4.53. The molecule has 1 aromatic carbocycles. The smallest absolute Gasteiger partial charge is 0.148 e. The lowest BCUT2D eigenvalue weighted by Crippen LogP contribution is -2.08. The van der Waals surface area contributed by atoms with Crippen molar-refractivity contribution in [3.63, 3.8) is 0 Å². The molecule has 1 aromatic heterocycles. The molecule has 0 aliphatic heterocycles. The number of nitrogens with zero attached hydrogens (tertiary/aromatic N) is 2. The van der Waals surface area contributed by atoms with E-state index in [9.17, 15) is 0 Å². The van der Waals surface area contributed by atoms with Crippen LogP contribution < -0.4 is 10.1 Å². The molecule has 0 aliphatic rings. The van der Waals surface area contributed by atoms with Crippen molar-refractivity contribution in [2.75, 3.05) is 19.0 Å². The maximum absolute atomic E-state index is 5.21. The second kappa shape index (κ2) is 6.18. The fourth-order valence-corrected chi connectivity index (χ4v) is 1.80. The minimum atomic E-state index is 0.824. The molecule has 0 saturated heterocycles. The summed E-state index contributed by atoms with van der Waals surface area (Å²) < 4.78 is 5.21. The molecule has 0 spiro atoms. The summed E-state index contributed by atoms with van der Waals surface area (Å²) >= 11 is 0. The molecule has 0 saturated carbocycles. The SMILES string of the molecule is COc1cccc(CCNc2cc(C)c(C)nn2)c1. The van der Waals surface area contributed by atoms with Crippen LogP contribution in [0.5, 0.6) is 5.75 Å². The topological polar surface area (TPSA) is 47.0 Å². The molecular formula is C15H19N3O. The first kappa shape index (κ1) is 13.3. The van der Waals surface area contributed by atoms with Gasteiger partial charge in [-0.25, -0.2) is 0 Å². The zero-order chi connectivity index (χ0) is 13.7. The summed E-state index contributed by atoms with van der Waals surface area (Å²) in [6, 6.07) is 10.1. The lowest BCUT2D eigenvalue weighted by molar-refractivity contribution is 0.414. The van der Waals surface area contributed by atoms with Gasteiger partial charge in [-0.2, -0.15) is 5.10 Å². The first-order valence-electron chi connectivity index (χ1n) is 6.37. The monoisotopic (exact) mass is 257 g/mol. The molecule has 1 N–H and O–H groups in total. The lowest BCUT2D eigenvalue weighted by atomic mass is 10.1. The zero-order valence-electron chi connectivity index (χ0n) is 11.6. The van der Waals surface area contributed by atoms with Crippen LogP contribution in [0.3, 0.4) is 0 Å². The highest BCUT2D eigenvalue weighted by molar-refractivity contribution is 5.37. The van der Waals surface area contributed by atoms with Gasteiger partial charge in [0.1, 0.15) is 11.6 Å². The molecule has 2 aromatic rings. The minimum absolute atomic E-state index is 0.824. The Balaban J connectivity index is 1.90. The van der Waals surface area contributed by atoms with Crippen molar-refractivity contribution >= 4 is 5.82 Å². The quantitative estimate of drug-likeness (QED) is 0.894. The van der Waals surface area contributed by atoms with Gasteiger partial charge in [-0.3, -0.25) is 0 Å². The Labute approximate surface area is 113 Å². The van der Waals surface area contributed by atoms with Crippen molar-refractivity contribution < 1.29 is 4.74 Å². The van der Waals surface area contributed by atoms with Gasteiger partial charge in [-0.1, -0.05) is 12.1 Å². The van der Waals surface area contributed by atoms with E-state index in [0.717, 1.165) is 35.8 Å². The van der Waals surface area contributed by atoms with E-state index in [1.807, 2.05) is 38.1 Å². The molecule has 1 heterocycles. The van der Waals surface area contributed by atoms with E-state index in [-0.39, 0.29) is 0 Å². The molecule has 4 nitrogen and oxygen atoms in total. The van der Waals surface area contributed by atoms with Crippen LogP contribution in [-0.4, -0.2) is 23.9 Å². The molecule has 19 heavy (non-hydrogen) atoms. The highest BCUT2D eigenvalue weighted by atomic mass is 16.5. The normalized spacial score (nSPS) is 10.3. The van der Waals surface area contributed by atoms with E-state index in [4.69, 9.17) is 4.74 Å². The zero-order valence-corrected chi connectivity index (χ0v) is 11.6. The van der Waals surface area contributed by atoms with Crippen LogP contribution in [0.25, 0.3) is 0 Å². The average molecular weight is 257 g/mol. The van der Waals surface area contributed by atoms with Gasteiger partial charge in [0.05, 0.1) is 12.8 Å². The van der Waals surface area contributed by atoms with Gasteiger partial charge < -0.3 is 10.1 Å². The molecule has 0 unspecified atom stereocenters. The van der Waals surface area contributed by atoms with Crippen molar-refractivity contribution in [3.8, 4) is 5.75 Å². The molecule has 0 atom stereocenters. The maximum Gasteiger partial charge on any atom is 0.148 e. The molecule has 0 amide bonds. The Morgan fingerprint density at radius 1 is 1.16 bits per heavy atom.